The fourth-order valence-corrected chi connectivity index (χ4v) is 10.7. The number of imide groups is 1. The molecule has 0 bridgehead atoms. The first-order chi connectivity index (χ1) is 29.3. The van der Waals surface area contributed by atoms with Crippen LogP contribution < -0.4 is 10.6 Å². The van der Waals surface area contributed by atoms with Crippen molar-refractivity contribution >= 4 is 80.2 Å². The summed E-state index contributed by atoms with van der Waals surface area (Å²) in [4.78, 5) is 109. The SMILES string of the molecule is COC(=O)c1c(NC(=O)COC(=O)c2ccc3c(c2)C(=O)N([C@@H](Cc2ccccc2)C(=O)OCC(=O)Nc2sc4c(c2C(=O)OC)CC[C@H](C)C4)C3=O)sc2c1CC[C@@H](C)C2. The van der Waals surface area contributed by atoms with Crippen LogP contribution in [0, 0.1) is 11.8 Å². The number of ether oxygens (including phenoxy) is 4. The Balaban J connectivity index is 1.03. The van der Waals surface area contributed by atoms with Gasteiger partial charge in [0.2, 0.25) is 0 Å². The molecule has 3 heterocycles. The lowest BCUT2D eigenvalue weighted by Crippen LogP contribution is -2.47. The number of nitrogens with one attached hydrogen (secondary N) is 2. The Bertz CT molecular complexity index is 2460. The number of anilines is 2. The number of amides is 4. The van der Waals surface area contributed by atoms with Crippen LogP contribution in [0.3, 0.4) is 0 Å². The van der Waals surface area contributed by atoms with Crippen molar-refractivity contribution in [3.8, 4) is 0 Å². The van der Waals surface area contributed by atoms with Crippen LogP contribution in [0.1, 0.15) is 105 Å². The van der Waals surface area contributed by atoms with Crippen molar-refractivity contribution in [1.29, 1.82) is 0 Å². The van der Waals surface area contributed by atoms with E-state index in [2.05, 4.69) is 24.5 Å². The predicted octanol–water partition coefficient (Wildman–Crippen LogP) is 5.82. The van der Waals surface area contributed by atoms with Crippen molar-refractivity contribution in [1.82, 2.24) is 4.90 Å². The van der Waals surface area contributed by atoms with Gasteiger partial charge in [-0.1, -0.05) is 44.2 Å². The zero-order chi connectivity index (χ0) is 43.5. The lowest BCUT2D eigenvalue weighted by molar-refractivity contribution is -0.151. The summed E-state index contributed by atoms with van der Waals surface area (Å²) < 4.78 is 20.7. The Morgan fingerprint density at radius 1 is 0.705 bits per heavy atom. The van der Waals surface area contributed by atoms with Crippen LogP contribution in [0.2, 0.25) is 0 Å². The molecule has 0 fully saturated rings. The van der Waals surface area contributed by atoms with Crippen LogP contribution in [-0.2, 0) is 65.4 Å². The number of hydrogen-bond donors (Lipinski definition) is 2. The summed E-state index contributed by atoms with van der Waals surface area (Å²) in [5.41, 5.74) is 2.42. The van der Waals surface area contributed by atoms with E-state index in [1.165, 1.54) is 49.0 Å². The molecule has 7 rings (SSSR count). The van der Waals surface area contributed by atoms with Crippen LogP contribution in [-0.4, -0.2) is 85.9 Å². The molecule has 3 aliphatic rings. The average molecular weight is 870 g/mol. The topological polar surface area (TPSA) is 201 Å². The van der Waals surface area contributed by atoms with Crippen LogP contribution in [0.4, 0.5) is 10.0 Å². The van der Waals surface area contributed by atoms with Gasteiger partial charge in [-0.15, -0.1) is 22.7 Å². The van der Waals surface area contributed by atoms with E-state index in [1.807, 2.05) is 0 Å². The minimum atomic E-state index is -1.51. The van der Waals surface area contributed by atoms with Crippen molar-refractivity contribution in [2.24, 2.45) is 11.8 Å². The van der Waals surface area contributed by atoms with Gasteiger partial charge < -0.3 is 29.6 Å². The first-order valence-corrected chi connectivity index (χ1v) is 21.4. The molecule has 318 valence electrons. The van der Waals surface area contributed by atoms with E-state index in [4.69, 9.17) is 18.9 Å². The monoisotopic (exact) mass is 869 g/mol. The number of carbonyl (C=O) groups is 8. The van der Waals surface area contributed by atoms with Gasteiger partial charge in [0.25, 0.3) is 23.6 Å². The molecule has 2 N–H and O–H groups in total. The first-order valence-electron chi connectivity index (χ1n) is 19.7. The Morgan fingerprint density at radius 2 is 1.23 bits per heavy atom. The van der Waals surface area contributed by atoms with Gasteiger partial charge in [-0.2, -0.15) is 0 Å². The van der Waals surface area contributed by atoms with Crippen LogP contribution in [0.5, 0.6) is 0 Å². The fraction of sp³-hybridized carbons (Fsp3) is 0.364. The summed E-state index contributed by atoms with van der Waals surface area (Å²) in [7, 11) is 2.52. The lowest BCUT2D eigenvalue weighted by Gasteiger charge is -2.24. The second-order valence-electron chi connectivity index (χ2n) is 15.3. The maximum Gasteiger partial charge on any atom is 0.341 e. The fourth-order valence-electron chi connectivity index (χ4n) is 7.87. The van der Waals surface area contributed by atoms with Gasteiger partial charge in [0, 0.05) is 16.2 Å². The smallest absolute Gasteiger partial charge is 0.341 e. The molecular weight excluding hydrogens is 827 g/mol. The summed E-state index contributed by atoms with van der Waals surface area (Å²) >= 11 is 2.55. The van der Waals surface area contributed by atoms with E-state index < -0.39 is 66.8 Å². The predicted molar refractivity (Wildman–Crippen MR) is 223 cm³/mol. The summed E-state index contributed by atoms with van der Waals surface area (Å²) in [6.07, 6.45) is 4.44. The summed E-state index contributed by atoms with van der Waals surface area (Å²) in [5.74, 6) is -5.50. The van der Waals surface area contributed by atoms with Gasteiger partial charge in [0.15, 0.2) is 13.2 Å². The van der Waals surface area contributed by atoms with E-state index in [9.17, 15) is 38.4 Å². The third kappa shape index (κ3) is 8.98. The number of rotatable bonds is 13. The van der Waals surface area contributed by atoms with E-state index in [-0.39, 0.29) is 33.7 Å². The molecule has 0 saturated heterocycles. The summed E-state index contributed by atoms with van der Waals surface area (Å²) in [6.45, 7) is 2.72. The summed E-state index contributed by atoms with van der Waals surface area (Å²) in [5, 5.41) is 5.93. The Kier molecular flexibility index (Phi) is 12.8. The molecule has 4 amide bonds. The first kappa shape index (κ1) is 42.9. The second-order valence-corrected chi connectivity index (χ2v) is 17.5. The van der Waals surface area contributed by atoms with E-state index in [1.54, 1.807) is 30.3 Å². The molecule has 4 aromatic rings. The van der Waals surface area contributed by atoms with Gasteiger partial charge >= 0.3 is 23.9 Å². The molecule has 2 aromatic carbocycles. The Morgan fingerprint density at radius 3 is 1.77 bits per heavy atom. The third-order valence-electron chi connectivity index (χ3n) is 11.0. The molecule has 0 radical (unpaired) electrons. The number of fused-ring (bicyclic) bond motifs is 3. The normalized spacial score (nSPS) is 17.0. The molecule has 0 saturated carbocycles. The largest absolute Gasteiger partial charge is 0.465 e. The van der Waals surface area contributed by atoms with Crippen LogP contribution in [0.15, 0.2) is 48.5 Å². The second kappa shape index (κ2) is 18.2. The number of nitrogens with zero attached hydrogens (tertiary/aromatic N) is 1. The van der Waals surface area contributed by atoms with Gasteiger partial charge in [-0.05, 0) is 85.3 Å². The number of benzene rings is 2. The lowest BCUT2D eigenvalue weighted by atomic mass is 9.88. The zero-order valence-corrected chi connectivity index (χ0v) is 35.5. The van der Waals surface area contributed by atoms with Crippen molar-refractivity contribution in [3.05, 3.63) is 103 Å². The van der Waals surface area contributed by atoms with Gasteiger partial charge in [0.1, 0.15) is 16.0 Å². The van der Waals surface area contributed by atoms with Crippen molar-refractivity contribution in [2.75, 3.05) is 38.1 Å². The highest BCUT2D eigenvalue weighted by molar-refractivity contribution is 7.17. The molecule has 1 aliphatic heterocycles. The van der Waals surface area contributed by atoms with Crippen molar-refractivity contribution in [2.45, 2.75) is 64.8 Å². The molecule has 0 spiro atoms. The Labute approximate surface area is 358 Å². The molecule has 17 heteroatoms. The van der Waals surface area contributed by atoms with Crippen LogP contribution in [0.25, 0.3) is 0 Å². The number of esters is 4. The minimum absolute atomic E-state index is 0.0828. The standard InChI is InChI=1S/C44H43N3O12S2/c1-22-10-13-27-31(16-22)60-37(35(27)43(54)56-3)45-33(48)20-58-41(52)25-12-15-26-29(19-25)40(51)47(39(26)50)30(18-24-8-6-5-7-9-24)42(53)59-21-34(49)46-38-36(44(55)57-4)28-14-11-23(2)17-32(28)61-38/h5-9,12,15,19,22-23,30H,10-11,13-14,16-18,20-21H2,1-4H3,(H,45,48)(H,46,49)/t22-,23+,30+/m1/s1. The maximum atomic E-state index is 14.0. The number of methoxy groups -OCH3 is 2. The maximum absolute atomic E-state index is 14.0. The van der Waals surface area contributed by atoms with E-state index in [0.717, 1.165) is 57.5 Å². The number of thiophene rings is 2. The highest BCUT2D eigenvalue weighted by atomic mass is 32.1. The van der Waals surface area contributed by atoms with Crippen LogP contribution >= 0.6 is 22.7 Å². The van der Waals surface area contributed by atoms with Gasteiger partial charge in [-0.3, -0.25) is 24.1 Å². The molecule has 3 atom stereocenters. The number of carbonyl (C=O) groups excluding carboxylic acids is 8. The molecule has 2 aromatic heterocycles. The molecule has 0 unspecified atom stereocenters. The van der Waals surface area contributed by atoms with Gasteiger partial charge in [0.05, 0.1) is 42.0 Å². The van der Waals surface area contributed by atoms with E-state index in [0.29, 0.717) is 40.8 Å². The quantitative estimate of drug-likeness (QED) is 0.0929. The summed E-state index contributed by atoms with van der Waals surface area (Å²) in [6, 6.07) is 10.8. The van der Waals surface area contributed by atoms with E-state index >= 15 is 0 Å². The Hall–Kier alpha value is -6.20. The molecule has 61 heavy (non-hydrogen) atoms. The van der Waals surface area contributed by atoms with Gasteiger partial charge in [-0.25, -0.2) is 19.2 Å². The third-order valence-corrected chi connectivity index (χ3v) is 13.3. The zero-order valence-electron chi connectivity index (χ0n) is 33.9. The minimum Gasteiger partial charge on any atom is -0.465 e. The van der Waals surface area contributed by atoms with Crippen molar-refractivity contribution in [3.63, 3.8) is 0 Å². The average Bonchev–Trinajstić information content (AvgIpc) is 3.87. The molecule has 2 aliphatic carbocycles. The number of hydrogen-bond acceptors (Lipinski definition) is 14. The van der Waals surface area contributed by atoms with Crippen molar-refractivity contribution < 1.29 is 57.3 Å². The highest BCUT2D eigenvalue weighted by Gasteiger charge is 2.44. The molecule has 15 nitrogen and oxygen atoms in total. The molecular formula is C44H43N3O12S2. The highest BCUT2D eigenvalue weighted by Crippen LogP contribution is 2.41.